The van der Waals surface area contributed by atoms with Crippen LogP contribution < -0.4 is 10.6 Å². The molecule has 1 rings (SSSR count). The second-order valence-electron chi connectivity index (χ2n) is 4.20. The van der Waals surface area contributed by atoms with Gasteiger partial charge in [0, 0.05) is 29.4 Å². The van der Waals surface area contributed by atoms with Crippen molar-refractivity contribution >= 4 is 16.7 Å². The van der Waals surface area contributed by atoms with Gasteiger partial charge in [0.15, 0.2) is 0 Å². The van der Waals surface area contributed by atoms with Crippen LogP contribution in [-0.4, -0.2) is 41.3 Å². The summed E-state index contributed by atoms with van der Waals surface area (Å²) in [6, 6.07) is -0.0564. The zero-order chi connectivity index (χ0) is 11.3. The van der Waals surface area contributed by atoms with Gasteiger partial charge >= 0.3 is 0 Å². The third-order valence-electron chi connectivity index (χ3n) is 2.67. The van der Waals surface area contributed by atoms with Crippen LogP contribution in [0, 0.1) is 5.92 Å². The monoisotopic (exact) mass is 232 g/mol. The molecule has 0 aromatic rings. The highest BCUT2D eigenvalue weighted by Gasteiger charge is 2.23. The van der Waals surface area contributed by atoms with Crippen LogP contribution in [0.15, 0.2) is 0 Å². The van der Waals surface area contributed by atoms with Crippen LogP contribution in [0.4, 0.5) is 0 Å². The predicted octanol–water partition coefficient (Wildman–Crippen LogP) is -0.131. The summed E-state index contributed by atoms with van der Waals surface area (Å²) >= 11 is 0. The van der Waals surface area contributed by atoms with Crippen LogP contribution in [0.3, 0.4) is 0 Å². The molecule has 1 amide bonds. The lowest BCUT2D eigenvalue weighted by Crippen LogP contribution is -2.49. The lowest BCUT2D eigenvalue weighted by molar-refractivity contribution is -0.123. The summed E-state index contributed by atoms with van der Waals surface area (Å²) in [5.41, 5.74) is 0. The number of nitrogens with one attached hydrogen (secondary N) is 2. The Balaban J connectivity index is 2.24. The van der Waals surface area contributed by atoms with E-state index in [9.17, 15) is 9.00 Å². The molecule has 1 aliphatic heterocycles. The van der Waals surface area contributed by atoms with Gasteiger partial charge in [-0.1, -0.05) is 6.92 Å². The van der Waals surface area contributed by atoms with Crippen molar-refractivity contribution in [1.29, 1.82) is 0 Å². The molecule has 5 heteroatoms. The topological polar surface area (TPSA) is 58.2 Å². The largest absolute Gasteiger partial charge is 0.354 e. The Morgan fingerprint density at radius 2 is 2.33 bits per heavy atom. The van der Waals surface area contributed by atoms with Gasteiger partial charge < -0.3 is 10.6 Å². The summed E-state index contributed by atoms with van der Waals surface area (Å²) in [5.74, 6) is 1.20. The fourth-order valence-electron chi connectivity index (χ4n) is 1.75. The number of amides is 1. The van der Waals surface area contributed by atoms with Crippen LogP contribution >= 0.6 is 0 Å². The van der Waals surface area contributed by atoms with Crippen molar-refractivity contribution in [1.82, 2.24) is 10.6 Å². The third-order valence-corrected chi connectivity index (χ3v) is 3.45. The first-order valence-electron chi connectivity index (χ1n) is 5.40. The molecule has 1 fully saturated rings. The van der Waals surface area contributed by atoms with Gasteiger partial charge in [0.05, 0.1) is 6.04 Å². The normalized spacial score (nSPS) is 28.4. The second kappa shape index (κ2) is 6.23. The summed E-state index contributed by atoms with van der Waals surface area (Å²) < 4.78 is 10.8. The van der Waals surface area contributed by atoms with E-state index in [0.29, 0.717) is 18.2 Å². The summed E-state index contributed by atoms with van der Waals surface area (Å²) in [6.45, 7) is 3.59. The summed E-state index contributed by atoms with van der Waals surface area (Å²) in [7, 11) is -0.829. The van der Waals surface area contributed by atoms with Gasteiger partial charge in [-0.3, -0.25) is 9.00 Å². The van der Waals surface area contributed by atoms with E-state index in [4.69, 9.17) is 0 Å². The van der Waals surface area contributed by atoms with Crippen LogP contribution in [0.5, 0.6) is 0 Å². The highest BCUT2D eigenvalue weighted by atomic mass is 32.2. The fourth-order valence-corrected chi connectivity index (χ4v) is 2.14. The Kier molecular flexibility index (Phi) is 5.25. The molecule has 2 N–H and O–H groups in total. The standard InChI is InChI=1S/C10H20N2O2S/c1-8-3-4-11-9(7-8)10(13)12-5-6-15(2)14/h8-9,11H,3-7H2,1-2H3,(H,12,13). The van der Waals surface area contributed by atoms with Crippen molar-refractivity contribution in [2.45, 2.75) is 25.8 Å². The van der Waals surface area contributed by atoms with Crippen molar-refractivity contribution in [3.63, 3.8) is 0 Å². The average molecular weight is 232 g/mol. The number of carbonyl (C=O) groups excluding carboxylic acids is 1. The van der Waals surface area contributed by atoms with Gasteiger partial charge in [-0.2, -0.15) is 0 Å². The highest BCUT2D eigenvalue weighted by molar-refractivity contribution is 7.84. The SMILES string of the molecule is CC1CCNC(C(=O)NCCS(C)=O)C1. The first-order valence-corrected chi connectivity index (χ1v) is 7.13. The van der Waals surface area contributed by atoms with Crippen molar-refractivity contribution in [2.24, 2.45) is 5.92 Å². The van der Waals surface area contributed by atoms with Gasteiger partial charge in [-0.25, -0.2) is 0 Å². The number of piperidine rings is 1. The van der Waals surface area contributed by atoms with E-state index in [0.717, 1.165) is 19.4 Å². The van der Waals surface area contributed by atoms with Crippen LogP contribution in [0.1, 0.15) is 19.8 Å². The van der Waals surface area contributed by atoms with Gasteiger partial charge in [0.2, 0.25) is 5.91 Å². The smallest absolute Gasteiger partial charge is 0.237 e. The van der Waals surface area contributed by atoms with Crippen LogP contribution in [-0.2, 0) is 15.6 Å². The highest BCUT2D eigenvalue weighted by Crippen LogP contribution is 2.14. The molecule has 0 aromatic heterocycles. The van der Waals surface area contributed by atoms with Crippen molar-refractivity contribution in [3.8, 4) is 0 Å². The van der Waals surface area contributed by atoms with E-state index in [1.807, 2.05) is 0 Å². The van der Waals surface area contributed by atoms with Gasteiger partial charge in [-0.15, -0.1) is 0 Å². The Bertz CT molecular complexity index is 246. The molecule has 0 bridgehead atoms. The third kappa shape index (κ3) is 4.75. The van der Waals surface area contributed by atoms with Crippen molar-refractivity contribution in [3.05, 3.63) is 0 Å². The van der Waals surface area contributed by atoms with Crippen molar-refractivity contribution < 1.29 is 9.00 Å². The van der Waals surface area contributed by atoms with E-state index in [1.165, 1.54) is 0 Å². The van der Waals surface area contributed by atoms with Crippen molar-refractivity contribution in [2.75, 3.05) is 25.1 Å². The maximum absolute atomic E-state index is 11.7. The summed E-state index contributed by atoms with van der Waals surface area (Å²) in [6.07, 6.45) is 3.69. The molecule has 0 spiro atoms. The molecule has 1 aliphatic rings. The molecular formula is C10H20N2O2S. The maximum atomic E-state index is 11.7. The molecule has 0 aromatic carbocycles. The Hall–Kier alpha value is -0.420. The number of carbonyl (C=O) groups is 1. The molecule has 15 heavy (non-hydrogen) atoms. The fraction of sp³-hybridized carbons (Fsp3) is 0.900. The minimum Gasteiger partial charge on any atom is -0.354 e. The molecule has 4 nitrogen and oxygen atoms in total. The zero-order valence-corrected chi connectivity index (χ0v) is 10.2. The molecule has 3 unspecified atom stereocenters. The van der Waals surface area contributed by atoms with Gasteiger partial charge in [0.25, 0.3) is 0 Å². The average Bonchev–Trinajstić information content (AvgIpc) is 2.17. The molecule has 0 radical (unpaired) electrons. The minimum absolute atomic E-state index is 0.0481. The van der Waals surface area contributed by atoms with E-state index >= 15 is 0 Å². The van der Waals surface area contributed by atoms with E-state index < -0.39 is 10.8 Å². The van der Waals surface area contributed by atoms with Crippen LogP contribution in [0.25, 0.3) is 0 Å². The Labute approximate surface area is 93.7 Å². The summed E-state index contributed by atoms with van der Waals surface area (Å²) in [4.78, 5) is 11.7. The zero-order valence-electron chi connectivity index (χ0n) is 9.41. The molecule has 88 valence electrons. The molecule has 0 aliphatic carbocycles. The number of hydrogen-bond acceptors (Lipinski definition) is 3. The van der Waals surface area contributed by atoms with E-state index in [-0.39, 0.29) is 11.9 Å². The minimum atomic E-state index is -0.829. The molecule has 1 saturated heterocycles. The first-order chi connectivity index (χ1) is 7.09. The Morgan fingerprint density at radius 1 is 1.60 bits per heavy atom. The van der Waals surface area contributed by atoms with Gasteiger partial charge in [-0.05, 0) is 25.3 Å². The van der Waals surface area contributed by atoms with E-state index in [2.05, 4.69) is 17.6 Å². The molecular weight excluding hydrogens is 212 g/mol. The maximum Gasteiger partial charge on any atom is 0.237 e. The van der Waals surface area contributed by atoms with Crippen LogP contribution in [0.2, 0.25) is 0 Å². The number of hydrogen-bond donors (Lipinski definition) is 2. The lowest BCUT2D eigenvalue weighted by atomic mass is 9.94. The molecule has 3 atom stereocenters. The summed E-state index contributed by atoms with van der Waals surface area (Å²) in [5, 5.41) is 6.01. The van der Waals surface area contributed by atoms with E-state index in [1.54, 1.807) is 6.26 Å². The Morgan fingerprint density at radius 3 is 2.93 bits per heavy atom. The molecule has 1 heterocycles. The predicted molar refractivity (Wildman–Crippen MR) is 62.1 cm³/mol. The quantitative estimate of drug-likeness (QED) is 0.710. The van der Waals surface area contributed by atoms with Gasteiger partial charge in [0.1, 0.15) is 0 Å². The lowest BCUT2D eigenvalue weighted by Gasteiger charge is -2.27. The molecule has 0 saturated carbocycles. The number of rotatable bonds is 4. The second-order valence-corrected chi connectivity index (χ2v) is 5.76. The first kappa shape index (κ1) is 12.6.